The van der Waals surface area contributed by atoms with Crippen molar-refractivity contribution in [2.75, 3.05) is 10.6 Å². The molecule has 3 aromatic rings. The van der Waals surface area contributed by atoms with E-state index in [2.05, 4.69) is 10.6 Å². The fourth-order valence-corrected chi connectivity index (χ4v) is 3.96. The first-order chi connectivity index (χ1) is 13.4. The van der Waals surface area contributed by atoms with Crippen molar-refractivity contribution in [2.45, 2.75) is 17.1 Å². The van der Waals surface area contributed by atoms with Gasteiger partial charge >= 0.3 is 0 Å². The molecule has 1 atom stereocenters. The lowest BCUT2D eigenvalue weighted by molar-refractivity contribution is -0.115. The summed E-state index contributed by atoms with van der Waals surface area (Å²) >= 11 is 8.48. The Morgan fingerprint density at radius 1 is 1.07 bits per heavy atom. The molecular weight excluding hydrogens is 419 g/mol. The lowest BCUT2D eigenvalue weighted by Crippen LogP contribution is -2.22. The van der Waals surface area contributed by atoms with Gasteiger partial charge < -0.3 is 10.6 Å². The summed E-state index contributed by atoms with van der Waals surface area (Å²) in [5.74, 6) is -0.905. The third kappa shape index (κ3) is 5.34. The first kappa shape index (κ1) is 20.4. The van der Waals surface area contributed by atoms with Crippen molar-refractivity contribution in [1.82, 2.24) is 0 Å². The van der Waals surface area contributed by atoms with Crippen LogP contribution >= 0.6 is 34.7 Å². The van der Waals surface area contributed by atoms with Gasteiger partial charge in [0.15, 0.2) is 0 Å². The molecular formula is C20H16ClFN2O2S2. The molecule has 28 heavy (non-hydrogen) atoms. The van der Waals surface area contributed by atoms with Crippen LogP contribution in [0.25, 0.3) is 0 Å². The van der Waals surface area contributed by atoms with Gasteiger partial charge in [0.1, 0.15) is 5.82 Å². The lowest BCUT2D eigenvalue weighted by Gasteiger charge is -2.13. The molecule has 2 N–H and O–H groups in total. The number of nitrogens with one attached hydrogen (secondary N) is 2. The van der Waals surface area contributed by atoms with E-state index < -0.39 is 5.82 Å². The Morgan fingerprint density at radius 2 is 1.79 bits per heavy atom. The third-order valence-electron chi connectivity index (χ3n) is 3.73. The van der Waals surface area contributed by atoms with Gasteiger partial charge in [-0.1, -0.05) is 17.7 Å². The van der Waals surface area contributed by atoms with Crippen LogP contribution in [-0.4, -0.2) is 17.1 Å². The van der Waals surface area contributed by atoms with Crippen molar-refractivity contribution in [3.8, 4) is 0 Å². The predicted octanol–water partition coefficient (Wildman–Crippen LogP) is 5.91. The highest BCUT2D eigenvalue weighted by Crippen LogP contribution is 2.26. The molecule has 2 aromatic carbocycles. The van der Waals surface area contributed by atoms with Crippen LogP contribution in [0.15, 0.2) is 64.9 Å². The van der Waals surface area contributed by atoms with Crippen LogP contribution in [0.3, 0.4) is 0 Å². The smallest absolute Gasteiger partial charge is 0.265 e. The summed E-state index contributed by atoms with van der Waals surface area (Å²) < 4.78 is 13.2. The Hall–Kier alpha value is -2.35. The summed E-state index contributed by atoms with van der Waals surface area (Å²) in [6.45, 7) is 1.78. The van der Waals surface area contributed by atoms with Crippen molar-refractivity contribution in [3.05, 3.63) is 75.7 Å². The van der Waals surface area contributed by atoms with Gasteiger partial charge in [-0.05, 0) is 60.8 Å². The lowest BCUT2D eigenvalue weighted by atomic mass is 10.3. The molecule has 0 aliphatic heterocycles. The number of anilines is 2. The average molecular weight is 435 g/mol. The highest BCUT2D eigenvalue weighted by Gasteiger charge is 2.15. The van der Waals surface area contributed by atoms with E-state index in [-0.39, 0.29) is 22.1 Å². The van der Waals surface area contributed by atoms with Crippen molar-refractivity contribution < 1.29 is 14.0 Å². The quantitative estimate of drug-likeness (QED) is 0.474. The van der Waals surface area contributed by atoms with Crippen LogP contribution in [0.2, 0.25) is 5.02 Å². The molecule has 0 saturated carbocycles. The van der Waals surface area contributed by atoms with Crippen LogP contribution in [0, 0.1) is 5.82 Å². The van der Waals surface area contributed by atoms with Gasteiger partial charge in [0.2, 0.25) is 5.91 Å². The SMILES string of the molecule is CC(Sc1ccc(NC(=O)c2cccs2)cc1)C(=O)Nc1ccc(F)c(Cl)c1. The van der Waals surface area contributed by atoms with Gasteiger partial charge in [-0.15, -0.1) is 23.1 Å². The van der Waals surface area contributed by atoms with E-state index in [0.29, 0.717) is 16.3 Å². The molecule has 8 heteroatoms. The molecule has 1 heterocycles. The highest BCUT2D eigenvalue weighted by atomic mass is 35.5. The third-order valence-corrected chi connectivity index (χ3v) is 6.00. The van der Waals surface area contributed by atoms with E-state index in [4.69, 9.17) is 11.6 Å². The number of amides is 2. The zero-order valence-corrected chi connectivity index (χ0v) is 17.1. The van der Waals surface area contributed by atoms with Crippen molar-refractivity contribution in [2.24, 2.45) is 0 Å². The summed E-state index contributed by atoms with van der Waals surface area (Å²) in [5, 5.41) is 6.97. The minimum Gasteiger partial charge on any atom is -0.325 e. The fourth-order valence-electron chi connectivity index (χ4n) is 2.29. The molecule has 0 aliphatic carbocycles. The first-order valence-electron chi connectivity index (χ1n) is 8.30. The van der Waals surface area contributed by atoms with Crippen LogP contribution in [0.5, 0.6) is 0 Å². The van der Waals surface area contributed by atoms with Crippen LogP contribution in [-0.2, 0) is 4.79 Å². The summed E-state index contributed by atoms with van der Waals surface area (Å²) in [5.41, 5.74) is 1.12. The monoisotopic (exact) mass is 434 g/mol. The normalized spacial score (nSPS) is 11.7. The summed E-state index contributed by atoms with van der Waals surface area (Å²) in [7, 11) is 0. The maximum Gasteiger partial charge on any atom is 0.265 e. The van der Waals surface area contributed by atoms with E-state index >= 15 is 0 Å². The Labute approximate surface area is 175 Å². The Bertz CT molecular complexity index is 978. The number of carbonyl (C=O) groups is 2. The number of hydrogen-bond acceptors (Lipinski definition) is 4. The number of halogens is 2. The number of thioether (sulfide) groups is 1. The second-order valence-corrected chi connectivity index (χ2v) is 8.60. The van der Waals surface area contributed by atoms with Gasteiger partial charge in [0, 0.05) is 16.3 Å². The topological polar surface area (TPSA) is 58.2 Å². The molecule has 144 valence electrons. The second kappa shape index (κ2) is 9.23. The molecule has 0 spiro atoms. The maximum atomic E-state index is 13.2. The van der Waals surface area contributed by atoms with Gasteiger partial charge in [-0.2, -0.15) is 0 Å². The van der Waals surface area contributed by atoms with E-state index in [1.807, 2.05) is 23.6 Å². The van der Waals surface area contributed by atoms with Gasteiger partial charge in [-0.25, -0.2) is 4.39 Å². The number of benzene rings is 2. The van der Waals surface area contributed by atoms with Crippen LogP contribution < -0.4 is 10.6 Å². The Morgan fingerprint density at radius 3 is 2.43 bits per heavy atom. The largest absolute Gasteiger partial charge is 0.325 e. The first-order valence-corrected chi connectivity index (χ1v) is 10.4. The Balaban J connectivity index is 1.56. The Kier molecular flexibility index (Phi) is 6.72. The number of carbonyl (C=O) groups excluding carboxylic acids is 2. The minimum atomic E-state index is -0.534. The number of thiophene rings is 1. The number of rotatable bonds is 6. The highest BCUT2D eigenvalue weighted by molar-refractivity contribution is 8.00. The molecule has 0 fully saturated rings. The van der Waals surface area contributed by atoms with Gasteiger partial charge in [0.05, 0.1) is 15.1 Å². The average Bonchev–Trinajstić information content (AvgIpc) is 3.21. The van der Waals surface area contributed by atoms with E-state index in [1.54, 1.807) is 25.1 Å². The zero-order valence-electron chi connectivity index (χ0n) is 14.7. The molecule has 0 aliphatic rings. The summed E-state index contributed by atoms with van der Waals surface area (Å²) in [6, 6.07) is 14.9. The molecule has 1 aromatic heterocycles. The van der Waals surface area contributed by atoms with Crippen molar-refractivity contribution >= 4 is 57.9 Å². The second-order valence-electron chi connectivity index (χ2n) is 5.83. The molecule has 2 amide bonds. The molecule has 1 unspecified atom stereocenters. The van der Waals surface area contributed by atoms with Crippen molar-refractivity contribution in [3.63, 3.8) is 0 Å². The molecule has 0 saturated heterocycles. The number of hydrogen-bond donors (Lipinski definition) is 2. The summed E-state index contributed by atoms with van der Waals surface area (Å²) in [6.07, 6.45) is 0. The van der Waals surface area contributed by atoms with Crippen LogP contribution in [0.4, 0.5) is 15.8 Å². The van der Waals surface area contributed by atoms with E-state index in [1.165, 1.54) is 41.3 Å². The van der Waals surface area contributed by atoms with Crippen molar-refractivity contribution in [1.29, 1.82) is 0 Å². The van der Waals surface area contributed by atoms with Crippen LogP contribution in [0.1, 0.15) is 16.6 Å². The molecule has 0 bridgehead atoms. The van der Waals surface area contributed by atoms with E-state index in [0.717, 1.165) is 4.90 Å². The van der Waals surface area contributed by atoms with E-state index in [9.17, 15) is 14.0 Å². The van der Waals surface area contributed by atoms with Gasteiger partial charge in [-0.3, -0.25) is 9.59 Å². The maximum absolute atomic E-state index is 13.2. The molecule has 0 radical (unpaired) electrons. The minimum absolute atomic E-state index is 0.0432. The fraction of sp³-hybridized carbons (Fsp3) is 0.100. The molecule has 4 nitrogen and oxygen atoms in total. The van der Waals surface area contributed by atoms with Gasteiger partial charge in [0.25, 0.3) is 5.91 Å². The summed E-state index contributed by atoms with van der Waals surface area (Å²) in [4.78, 5) is 25.9. The predicted molar refractivity (Wildman–Crippen MR) is 114 cm³/mol. The standard InChI is InChI=1S/C20H16ClFN2O2S2/c1-12(19(25)24-14-6-9-17(22)16(21)11-14)28-15-7-4-13(5-8-15)23-20(26)18-3-2-10-27-18/h2-12H,1H3,(H,23,26)(H,24,25). The zero-order chi connectivity index (χ0) is 20.1. The molecule has 3 rings (SSSR count).